The number of carbonyl (C=O) groups excluding carboxylic acids is 1. The Kier molecular flexibility index (Phi) is 7.25. The Balaban J connectivity index is 2.27. The second-order valence-electron chi connectivity index (χ2n) is 6.18. The lowest BCUT2D eigenvalue weighted by Crippen LogP contribution is -2.35. The maximum Gasteiger partial charge on any atom is 0.308 e. The third-order valence-corrected chi connectivity index (χ3v) is 4.85. The molecule has 4 nitrogen and oxygen atoms in total. The molecule has 21 heavy (non-hydrogen) atoms. The van der Waals surface area contributed by atoms with Crippen molar-refractivity contribution in [3.05, 3.63) is 22.4 Å². The molecule has 0 radical (unpaired) electrons. The number of carbonyl (C=O) groups is 2. The van der Waals surface area contributed by atoms with Gasteiger partial charge in [-0.1, -0.05) is 26.8 Å². The lowest BCUT2D eigenvalue weighted by atomic mass is 9.84. The maximum atomic E-state index is 11.7. The predicted molar refractivity (Wildman–Crippen MR) is 88.7 cm³/mol. The van der Waals surface area contributed by atoms with Crippen LogP contribution in [-0.2, 0) is 15.3 Å². The zero-order valence-electron chi connectivity index (χ0n) is 12.7. The van der Waals surface area contributed by atoms with E-state index in [1.165, 1.54) is 4.88 Å². The van der Waals surface area contributed by atoms with Crippen LogP contribution in [0.25, 0.3) is 0 Å². The van der Waals surface area contributed by atoms with Gasteiger partial charge in [0.15, 0.2) is 0 Å². The summed E-state index contributed by atoms with van der Waals surface area (Å²) < 4.78 is 0. The summed E-state index contributed by atoms with van der Waals surface area (Å²) in [6.07, 6.45) is 0.547. The highest BCUT2D eigenvalue weighted by Gasteiger charge is 2.24. The predicted octanol–water partition coefficient (Wildman–Crippen LogP) is 3.23. The minimum atomic E-state index is -0.850. The van der Waals surface area contributed by atoms with Crippen LogP contribution in [-0.4, -0.2) is 29.3 Å². The topological polar surface area (TPSA) is 66.4 Å². The van der Waals surface area contributed by atoms with Gasteiger partial charge in [-0.15, -0.1) is 23.1 Å². The van der Waals surface area contributed by atoms with E-state index in [0.29, 0.717) is 12.2 Å². The number of rotatable bonds is 8. The number of hydrogen-bond acceptors (Lipinski definition) is 4. The molecule has 6 heteroatoms. The maximum absolute atomic E-state index is 11.7. The van der Waals surface area contributed by atoms with Crippen LogP contribution in [0, 0.1) is 11.3 Å². The molecule has 0 bridgehead atoms. The first-order valence-corrected chi connectivity index (χ1v) is 8.91. The van der Waals surface area contributed by atoms with Crippen LogP contribution in [0.15, 0.2) is 17.5 Å². The van der Waals surface area contributed by atoms with Crippen LogP contribution in [0.3, 0.4) is 0 Å². The normalized spacial score (nSPS) is 12.9. The Bertz CT molecular complexity index is 452. The minimum Gasteiger partial charge on any atom is -0.481 e. The van der Waals surface area contributed by atoms with E-state index in [1.807, 2.05) is 38.3 Å². The first-order valence-electron chi connectivity index (χ1n) is 6.87. The molecule has 0 spiro atoms. The summed E-state index contributed by atoms with van der Waals surface area (Å²) in [5.74, 6) is -0.306. The van der Waals surface area contributed by atoms with Crippen molar-refractivity contribution in [1.29, 1.82) is 0 Å². The summed E-state index contributed by atoms with van der Waals surface area (Å²) in [7, 11) is 0. The second-order valence-corrected chi connectivity index (χ2v) is 8.19. The number of aliphatic carboxylic acids is 1. The molecule has 0 fully saturated rings. The first kappa shape index (κ1) is 18.0. The molecule has 2 N–H and O–H groups in total. The largest absolute Gasteiger partial charge is 0.481 e. The Hall–Kier alpha value is -1.01. The van der Waals surface area contributed by atoms with Gasteiger partial charge in [-0.05, 0) is 23.3 Å². The number of carboxylic acid groups (broad SMARTS) is 1. The Morgan fingerprint density at radius 1 is 1.43 bits per heavy atom. The number of hydrogen-bond donors (Lipinski definition) is 2. The van der Waals surface area contributed by atoms with Gasteiger partial charge in [0.2, 0.25) is 5.91 Å². The fraction of sp³-hybridized carbons (Fsp3) is 0.600. The Morgan fingerprint density at radius 2 is 2.14 bits per heavy atom. The average Bonchev–Trinajstić information content (AvgIpc) is 2.86. The summed E-state index contributed by atoms with van der Waals surface area (Å²) in [6.45, 7) is 6.20. The van der Waals surface area contributed by atoms with Crippen LogP contribution in [0.5, 0.6) is 0 Å². The summed E-state index contributed by atoms with van der Waals surface area (Å²) in [5, 5.41) is 13.9. The molecule has 0 aliphatic rings. The highest BCUT2D eigenvalue weighted by atomic mass is 32.2. The van der Waals surface area contributed by atoms with E-state index >= 15 is 0 Å². The van der Waals surface area contributed by atoms with Crippen molar-refractivity contribution in [3.8, 4) is 0 Å². The highest BCUT2D eigenvalue weighted by Crippen LogP contribution is 2.24. The van der Waals surface area contributed by atoms with Crippen LogP contribution in [0.1, 0.15) is 32.1 Å². The van der Waals surface area contributed by atoms with E-state index in [-0.39, 0.29) is 17.9 Å². The standard InChI is InChI=1S/C15H23NO3S2/c1-15(2,3)7-11(14(18)19)8-16-13(17)10-20-9-12-5-4-6-21-12/h4-6,11H,7-10H2,1-3H3,(H,16,17)(H,18,19). The van der Waals surface area contributed by atoms with Gasteiger partial charge in [0.1, 0.15) is 0 Å². The van der Waals surface area contributed by atoms with Crippen LogP contribution in [0.4, 0.5) is 0 Å². The van der Waals surface area contributed by atoms with E-state index in [0.717, 1.165) is 5.75 Å². The van der Waals surface area contributed by atoms with Gasteiger partial charge < -0.3 is 10.4 Å². The third-order valence-electron chi connectivity index (χ3n) is 2.81. The molecular weight excluding hydrogens is 306 g/mol. The second kappa shape index (κ2) is 8.44. The number of thioether (sulfide) groups is 1. The lowest BCUT2D eigenvalue weighted by molar-refractivity contribution is -0.142. The molecule has 1 amide bonds. The van der Waals surface area contributed by atoms with Crippen molar-refractivity contribution in [2.24, 2.45) is 11.3 Å². The highest BCUT2D eigenvalue weighted by molar-refractivity contribution is 7.99. The van der Waals surface area contributed by atoms with Crippen molar-refractivity contribution in [2.45, 2.75) is 32.9 Å². The Morgan fingerprint density at radius 3 is 2.67 bits per heavy atom. The quantitative estimate of drug-likeness (QED) is 0.768. The van der Waals surface area contributed by atoms with Gasteiger partial charge in [-0.2, -0.15) is 0 Å². The van der Waals surface area contributed by atoms with E-state index in [9.17, 15) is 14.7 Å². The molecular formula is C15H23NO3S2. The molecule has 1 heterocycles. The molecule has 0 saturated carbocycles. The van der Waals surface area contributed by atoms with Gasteiger partial charge in [-0.3, -0.25) is 9.59 Å². The fourth-order valence-corrected chi connectivity index (χ4v) is 3.61. The lowest BCUT2D eigenvalue weighted by Gasteiger charge is -2.23. The molecule has 1 aromatic rings. The van der Waals surface area contributed by atoms with Gasteiger partial charge in [-0.25, -0.2) is 0 Å². The minimum absolute atomic E-state index is 0.0678. The van der Waals surface area contributed by atoms with Crippen molar-refractivity contribution in [3.63, 3.8) is 0 Å². The molecule has 1 unspecified atom stereocenters. The summed E-state index contributed by atoms with van der Waals surface area (Å²) >= 11 is 3.22. The van der Waals surface area contributed by atoms with Gasteiger partial charge in [0.25, 0.3) is 0 Å². The van der Waals surface area contributed by atoms with E-state index in [4.69, 9.17) is 0 Å². The summed E-state index contributed by atoms with van der Waals surface area (Å²) in [5.41, 5.74) is -0.0678. The zero-order valence-corrected chi connectivity index (χ0v) is 14.4. The number of carboxylic acids is 1. The molecule has 0 aliphatic heterocycles. The SMILES string of the molecule is CC(C)(C)CC(CNC(=O)CSCc1cccs1)C(=O)O. The molecule has 0 aliphatic carbocycles. The molecule has 118 valence electrons. The van der Waals surface area contributed by atoms with Crippen molar-refractivity contribution < 1.29 is 14.7 Å². The van der Waals surface area contributed by atoms with E-state index in [2.05, 4.69) is 5.32 Å². The number of nitrogens with one attached hydrogen (secondary N) is 1. The number of amides is 1. The van der Waals surface area contributed by atoms with Crippen LogP contribution in [0.2, 0.25) is 0 Å². The van der Waals surface area contributed by atoms with Gasteiger partial charge >= 0.3 is 5.97 Å². The van der Waals surface area contributed by atoms with Gasteiger partial charge in [0, 0.05) is 17.2 Å². The number of thiophene rings is 1. The Labute approximate surface area is 134 Å². The van der Waals surface area contributed by atoms with E-state index in [1.54, 1.807) is 23.1 Å². The summed E-state index contributed by atoms with van der Waals surface area (Å²) in [6, 6.07) is 4.03. The molecule has 0 aromatic carbocycles. The van der Waals surface area contributed by atoms with Crippen LogP contribution >= 0.6 is 23.1 Å². The van der Waals surface area contributed by atoms with E-state index < -0.39 is 11.9 Å². The van der Waals surface area contributed by atoms with Crippen molar-refractivity contribution in [1.82, 2.24) is 5.32 Å². The van der Waals surface area contributed by atoms with Crippen molar-refractivity contribution >= 4 is 35.0 Å². The molecule has 1 aromatic heterocycles. The smallest absolute Gasteiger partial charge is 0.308 e. The fourth-order valence-electron chi connectivity index (χ4n) is 1.91. The summed E-state index contributed by atoms with van der Waals surface area (Å²) in [4.78, 5) is 24.2. The first-order chi connectivity index (χ1) is 9.78. The zero-order chi connectivity index (χ0) is 15.9. The molecule has 1 atom stereocenters. The average molecular weight is 329 g/mol. The monoisotopic (exact) mass is 329 g/mol. The van der Waals surface area contributed by atoms with Crippen LogP contribution < -0.4 is 5.32 Å². The molecule has 0 saturated heterocycles. The van der Waals surface area contributed by atoms with Gasteiger partial charge in [0.05, 0.1) is 11.7 Å². The third kappa shape index (κ3) is 8.12. The molecule has 1 rings (SSSR count). The van der Waals surface area contributed by atoms with Crippen molar-refractivity contribution in [2.75, 3.05) is 12.3 Å².